The molecule has 1 aliphatic rings. The molecule has 0 aromatic heterocycles. The van der Waals surface area contributed by atoms with Gasteiger partial charge >= 0.3 is 5.97 Å². The number of benzene rings is 1. The van der Waals surface area contributed by atoms with Gasteiger partial charge in [0.1, 0.15) is 0 Å². The fourth-order valence-electron chi connectivity index (χ4n) is 2.55. The zero-order valence-electron chi connectivity index (χ0n) is 12.4. The van der Waals surface area contributed by atoms with Crippen molar-refractivity contribution >= 4 is 23.6 Å². The molecule has 0 aliphatic carbocycles. The van der Waals surface area contributed by atoms with E-state index in [9.17, 15) is 14.4 Å². The SMILES string of the molecule is CCOC(=O)C1CCN(C(=O)c2ccccc2N=C=O)CC1. The van der Waals surface area contributed by atoms with Crippen molar-refractivity contribution in [3.05, 3.63) is 29.8 Å². The molecule has 0 atom stereocenters. The quantitative estimate of drug-likeness (QED) is 0.485. The van der Waals surface area contributed by atoms with E-state index in [1.807, 2.05) is 0 Å². The Morgan fingerprint density at radius 3 is 2.64 bits per heavy atom. The van der Waals surface area contributed by atoms with Crippen molar-refractivity contribution in [1.82, 2.24) is 4.90 Å². The summed E-state index contributed by atoms with van der Waals surface area (Å²) in [5, 5.41) is 0. The van der Waals surface area contributed by atoms with Gasteiger partial charge in [-0.15, -0.1) is 0 Å². The second-order valence-corrected chi connectivity index (χ2v) is 5.04. The minimum atomic E-state index is -0.194. The Hall–Kier alpha value is -2.46. The lowest BCUT2D eigenvalue weighted by molar-refractivity contribution is -0.149. The van der Waals surface area contributed by atoms with E-state index in [4.69, 9.17) is 4.74 Å². The number of carbonyl (C=O) groups is 2. The smallest absolute Gasteiger partial charge is 0.309 e. The van der Waals surface area contributed by atoms with Crippen LogP contribution in [-0.2, 0) is 14.3 Å². The summed E-state index contributed by atoms with van der Waals surface area (Å²) >= 11 is 0. The maximum Gasteiger partial charge on any atom is 0.309 e. The number of hydrogen-bond donors (Lipinski definition) is 0. The number of nitrogens with zero attached hydrogens (tertiary/aromatic N) is 2. The summed E-state index contributed by atoms with van der Waals surface area (Å²) in [4.78, 5) is 39.9. The number of isocyanates is 1. The van der Waals surface area contributed by atoms with Crippen molar-refractivity contribution < 1.29 is 19.1 Å². The number of para-hydroxylation sites is 1. The summed E-state index contributed by atoms with van der Waals surface area (Å²) in [5.74, 6) is -0.523. The predicted octanol–water partition coefficient (Wildman–Crippen LogP) is 2.07. The lowest BCUT2D eigenvalue weighted by Crippen LogP contribution is -2.40. The first-order valence-electron chi connectivity index (χ1n) is 7.30. The van der Waals surface area contributed by atoms with Crippen molar-refractivity contribution in [2.45, 2.75) is 19.8 Å². The Morgan fingerprint density at radius 1 is 1.32 bits per heavy atom. The molecule has 1 aromatic rings. The Balaban J connectivity index is 2.04. The van der Waals surface area contributed by atoms with E-state index in [0.29, 0.717) is 43.8 Å². The summed E-state index contributed by atoms with van der Waals surface area (Å²) in [5.41, 5.74) is 0.690. The fourth-order valence-corrected chi connectivity index (χ4v) is 2.55. The molecular weight excluding hydrogens is 284 g/mol. The number of carbonyl (C=O) groups excluding carboxylic acids is 3. The largest absolute Gasteiger partial charge is 0.466 e. The van der Waals surface area contributed by atoms with Crippen LogP contribution in [-0.4, -0.2) is 42.6 Å². The molecule has 1 fully saturated rings. The summed E-state index contributed by atoms with van der Waals surface area (Å²) in [6, 6.07) is 6.67. The van der Waals surface area contributed by atoms with Gasteiger partial charge in [0.25, 0.3) is 5.91 Å². The van der Waals surface area contributed by atoms with Crippen molar-refractivity contribution in [1.29, 1.82) is 0 Å². The molecule has 1 heterocycles. The molecule has 6 nitrogen and oxygen atoms in total. The van der Waals surface area contributed by atoms with Crippen LogP contribution in [0.15, 0.2) is 29.3 Å². The van der Waals surface area contributed by atoms with Gasteiger partial charge in [-0.05, 0) is 31.9 Å². The molecule has 2 rings (SSSR count). The molecule has 6 heteroatoms. The van der Waals surface area contributed by atoms with Crippen LogP contribution in [0.2, 0.25) is 0 Å². The molecule has 0 N–H and O–H groups in total. The Kier molecular flexibility index (Phi) is 5.44. The number of amides is 1. The molecule has 1 amide bonds. The van der Waals surface area contributed by atoms with Gasteiger partial charge in [-0.3, -0.25) is 9.59 Å². The molecule has 0 unspecified atom stereocenters. The third-order valence-corrected chi connectivity index (χ3v) is 3.70. The van der Waals surface area contributed by atoms with Crippen molar-refractivity contribution in [2.24, 2.45) is 10.9 Å². The molecule has 0 radical (unpaired) electrons. The van der Waals surface area contributed by atoms with Gasteiger partial charge < -0.3 is 9.64 Å². The first-order chi connectivity index (χ1) is 10.7. The molecule has 22 heavy (non-hydrogen) atoms. The summed E-state index contributed by atoms with van der Waals surface area (Å²) in [7, 11) is 0. The number of aliphatic imine (C=N–C) groups is 1. The highest BCUT2D eigenvalue weighted by molar-refractivity contribution is 5.99. The van der Waals surface area contributed by atoms with E-state index in [2.05, 4.69) is 4.99 Å². The monoisotopic (exact) mass is 302 g/mol. The number of esters is 1. The Bertz CT molecular complexity index is 600. The average Bonchev–Trinajstić information content (AvgIpc) is 2.55. The van der Waals surface area contributed by atoms with Crippen LogP contribution in [0.1, 0.15) is 30.1 Å². The normalized spacial score (nSPS) is 15.0. The van der Waals surface area contributed by atoms with E-state index in [0.717, 1.165) is 0 Å². The second kappa shape index (κ2) is 7.52. The van der Waals surface area contributed by atoms with Gasteiger partial charge in [0, 0.05) is 13.1 Å². The van der Waals surface area contributed by atoms with E-state index < -0.39 is 0 Å². The highest BCUT2D eigenvalue weighted by atomic mass is 16.5. The number of ether oxygens (including phenoxy) is 1. The first-order valence-corrected chi connectivity index (χ1v) is 7.30. The predicted molar refractivity (Wildman–Crippen MR) is 79.5 cm³/mol. The maximum atomic E-state index is 12.5. The fraction of sp³-hybridized carbons (Fsp3) is 0.438. The maximum absolute atomic E-state index is 12.5. The molecular formula is C16H18N2O4. The van der Waals surface area contributed by atoms with Gasteiger partial charge in [0.15, 0.2) is 0 Å². The van der Waals surface area contributed by atoms with Crippen molar-refractivity contribution in [3.8, 4) is 0 Å². The van der Waals surface area contributed by atoms with Crippen LogP contribution in [0.5, 0.6) is 0 Å². The number of rotatable bonds is 4. The van der Waals surface area contributed by atoms with Crippen LogP contribution in [0.3, 0.4) is 0 Å². The van der Waals surface area contributed by atoms with Gasteiger partial charge in [-0.2, -0.15) is 4.99 Å². The third kappa shape index (κ3) is 3.59. The molecule has 116 valence electrons. The third-order valence-electron chi connectivity index (χ3n) is 3.70. The van der Waals surface area contributed by atoms with Gasteiger partial charge in [-0.1, -0.05) is 12.1 Å². The number of hydrogen-bond acceptors (Lipinski definition) is 5. The Morgan fingerprint density at radius 2 is 2.00 bits per heavy atom. The van der Waals surface area contributed by atoms with E-state index >= 15 is 0 Å². The van der Waals surface area contributed by atoms with Crippen molar-refractivity contribution in [3.63, 3.8) is 0 Å². The first kappa shape index (κ1) is 15.9. The van der Waals surface area contributed by atoms with E-state index in [1.54, 1.807) is 36.1 Å². The second-order valence-electron chi connectivity index (χ2n) is 5.04. The molecule has 1 aromatic carbocycles. The minimum Gasteiger partial charge on any atom is -0.466 e. The standard InChI is InChI=1S/C16H18N2O4/c1-2-22-16(21)12-7-9-18(10-8-12)15(20)13-5-3-4-6-14(13)17-11-19/h3-6,12H,2,7-10H2,1H3. The topological polar surface area (TPSA) is 76.0 Å². The summed E-state index contributed by atoms with van der Waals surface area (Å²) < 4.78 is 5.01. The van der Waals surface area contributed by atoms with E-state index in [1.165, 1.54) is 6.08 Å². The molecule has 0 spiro atoms. The highest BCUT2D eigenvalue weighted by Gasteiger charge is 2.29. The van der Waals surface area contributed by atoms with E-state index in [-0.39, 0.29) is 17.8 Å². The van der Waals surface area contributed by atoms with Gasteiger partial charge in [0.2, 0.25) is 6.08 Å². The van der Waals surface area contributed by atoms with Crippen LogP contribution in [0, 0.1) is 5.92 Å². The molecule has 0 bridgehead atoms. The molecule has 1 saturated heterocycles. The lowest BCUT2D eigenvalue weighted by Gasteiger charge is -2.31. The average molecular weight is 302 g/mol. The number of piperidine rings is 1. The lowest BCUT2D eigenvalue weighted by atomic mass is 9.96. The Labute approximate surface area is 128 Å². The zero-order chi connectivity index (χ0) is 15.9. The van der Waals surface area contributed by atoms with Crippen LogP contribution in [0.25, 0.3) is 0 Å². The van der Waals surface area contributed by atoms with Gasteiger partial charge in [0.05, 0.1) is 23.8 Å². The van der Waals surface area contributed by atoms with Crippen molar-refractivity contribution in [2.75, 3.05) is 19.7 Å². The summed E-state index contributed by atoms with van der Waals surface area (Å²) in [6.45, 7) is 3.12. The van der Waals surface area contributed by atoms with Crippen LogP contribution < -0.4 is 0 Å². The number of likely N-dealkylation sites (tertiary alicyclic amines) is 1. The highest BCUT2D eigenvalue weighted by Crippen LogP contribution is 2.24. The van der Waals surface area contributed by atoms with Crippen LogP contribution in [0.4, 0.5) is 5.69 Å². The van der Waals surface area contributed by atoms with Crippen LogP contribution >= 0.6 is 0 Å². The summed E-state index contributed by atoms with van der Waals surface area (Å²) in [6.07, 6.45) is 2.64. The van der Waals surface area contributed by atoms with Gasteiger partial charge in [-0.25, -0.2) is 4.79 Å². The zero-order valence-corrected chi connectivity index (χ0v) is 12.4. The molecule has 0 saturated carbocycles. The molecule has 1 aliphatic heterocycles. The minimum absolute atomic E-state index is 0.146.